The van der Waals surface area contributed by atoms with Crippen molar-refractivity contribution in [3.05, 3.63) is 65.0 Å². The van der Waals surface area contributed by atoms with Crippen molar-refractivity contribution in [2.75, 3.05) is 7.11 Å². The van der Waals surface area contributed by atoms with Gasteiger partial charge >= 0.3 is 5.63 Å². The average molecular weight is 284 g/mol. The Hall–Kier alpha value is -2.20. The van der Waals surface area contributed by atoms with Gasteiger partial charge in [-0.1, -0.05) is 30.0 Å². The van der Waals surface area contributed by atoms with Crippen molar-refractivity contribution in [3.63, 3.8) is 0 Å². The normalized spacial score (nSPS) is 10.7. The molecule has 1 heterocycles. The second kappa shape index (κ2) is 5.43. The van der Waals surface area contributed by atoms with E-state index in [0.717, 1.165) is 15.2 Å². The third kappa shape index (κ3) is 2.56. The third-order valence-corrected chi connectivity index (χ3v) is 3.95. The van der Waals surface area contributed by atoms with Crippen LogP contribution in [0.5, 0.6) is 5.75 Å². The average Bonchev–Trinajstić information content (AvgIpc) is 2.47. The van der Waals surface area contributed by atoms with Crippen LogP contribution in [-0.2, 0) is 0 Å². The van der Waals surface area contributed by atoms with Crippen LogP contribution in [0.1, 0.15) is 0 Å². The van der Waals surface area contributed by atoms with Crippen LogP contribution >= 0.6 is 11.8 Å². The largest absolute Gasteiger partial charge is 0.497 e. The van der Waals surface area contributed by atoms with E-state index < -0.39 is 0 Å². The highest BCUT2D eigenvalue weighted by Gasteiger charge is 2.08. The summed E-state index contributed by atoms with van der Waals surface area (Å²) in [7, 11) is 1.59. The summed E-state index contributed by atoms with van der Waals surface area (Å²) in [6.07, 6.45) is 0. The van der Waals surface area contributed by atoms with Gasteiger partial charge in [0.15, 0.2) is 0 Å². The van der Waals surface area contributed by atoms with E-state index in [2.05, 4.69) is 0 Å². The predicted octanol–water partition coefficient (Wildman–Crippen LogP) is 3.95. The monoisotopic (exact) mass is 284 g/mol. The van der Waals surface area contributed by atoms with Gasteiger partial charge in [-0.05, 0) is 24.3 Å². The Balaban J connectivity index is 2.12. The molecule has 0 aliphatic carbocycles. The van der Waals surface area contributed by atoms with Crippen molar-refractivity contribution < 1.29 is 9.15 Å². The predicted molar refractivity (Wildman–Crippen MR) is 79.6 cm³/mol. The molecule has 20 heavy (non-hydrogen) atoms. The molecule has 0 amide bonds. The van der Waals surface area contributed by atoms with Crippen molar-refractivity contribution in [2.45, 2.75) is 9.79 Å². The van der Waals surface area contributed by atoms with Gasteiger partial charge in [-0.15, -0.1) is 0 Å². The molecule has 0 fully saturated rings. The van der Waals surface area contributed by atoms with Crippen LogP contribution in [-0.4, -0.2) is 7.11 Å². The standard InChI is InChI=1S/C16H12O3S/c1-18-11-7-8-13-14(9-11)19-16(17)10-15(13)20-12-5-3-2-4-6-12/h2-10H,1H3. The van der Waals surface area contributed by atoms with E-state index in [9.17, 15) is 4.79 Å². The number of rotatable bonds is 3. The highest BCUT2D eigenvalue weighted by Crippen LogP contribution is 2.33. The van der Waals surface area contributed by atoms with Crippen molar-refractivity contribution in [3.8, 4) is 5.75 Å². The van der Waals surface area contributed by atoms with Crippen LogP contribution in [0, 0.1) is 0 Å². The minimum Gasteiger partial charge on any atom is -0.497 e. The van der Waals surface area contributed by atoms with E-state index >= 15 is 0 Å². The molecule has 0 radical (unpaired) electrons. The van der Waals surface area contributed by atoms with Crippen molar-refractivity contribution in [1.29, 1.82) is 0 Å². The van der Waals surface area contributed by atoms with Crippen LogP contribution < -0.4 is 10.4 Å². The van der Waals surface area contributed by atoms with Crippen LogP contribution in [0.25, 0.3) is 11.0 Å². The lowest BCUT2D eigenvalue weighted by Gasteiger charge is -2.06. The summed E-state index contributed by atoms with van der Waals surface area (Å²) in [6.45, 7) is 0. The van der Waals surface area contributed by atoms with E-state index in [1.165, 1.54) is 6.07 Å². The van der Waals surface area contributed by atoms with Crippen LogP contribution in [0.4, 0.5) is 0 Å². The van der Waals surface area contributed by atoms with Crippen molar-refractivity contribution in [2.24, 2.45) is 0 Å². The van der Waals surface area contributed by atoms with E-state index in [1.807, 2.05) is 42.5 Å². The van der Waals surface area contributed by atoms with E-state index in [4.69, 9.17) is 9.15 Å². The molecule has 100 valence electrons. The molecule has 0 N–H and O–H groups in total. The number of ether oxygens (including phenoxy) is 1. The molecule has 0 aliphatic heterocycles. The fourth-order valence-electron chi connectivity index (χ4n) is 1.94. The molecule has 4 heteroatoms. The first kappa shape index (κ1) is 12.8. The summed E-state index contributed by atoms with van der Waals surface area (Å²) < 4.78 is 10.4. The molecule has 0 aliphatic rings. The molecule has 1 aromatic heterocycles. The third-order valence-electron chi connectivity index (χ3n) is 2.88. The number of benzene rings is 2. The Labute approximate surface area is 120 Å². The van der Waals surface area contributed by atoms with Gasteiger partial charge in [-0.3, -0.25) is 0 Å². The second-order valence-electron chi connectivity index (χ2n) is 4.21. The first-order valence-electron chi connectivity index (χ1n) is 6.11. The van der Waals surface area contributed by atoms with Gasteiger partial charge < -0.3 is 9.15 Å². The molecule has 0 spiro atoms. The lowest BCUT2D eigenvalue weighted by Crippen LogP contribution is -1.97. The molecule has 3 nitrogen and oxygen atoms in total. The fraction of sp³-hybridized carbons (Fsp3) is 0.0625. The van der Waals surface area contributed by atoms with E-state index in [-0.39, 0.29) is 5.63 Å². The first-order valence-corrected chi connectivity index (χ1v) is 6.93. The highest BCUT2D eigenvalue weighted by molar-refractivity contribution is 7.99. The van der Waals surface area contributed by atoms with E-state index in [0.29, 0.717) is 11.3 Å². The zero-order chi connectivity index (χ0) is 13.9. The Bertz CT molecular complexity index is 794. The van der Waals surface area contributed by atoms with Crippen molar-refractivity contribution in [1.82, 2.24) is 0 Å². The summed E-state index contributed by atoms with van der Waals surface area (Å²) in [5.74, 6) is 0.669. The number of methoxy groups -OCH3 is 1. The summed E-state index contributed by atoms with van der Waals surface area (Å²) in [5, 5.41) is 0.902. The van der Waals surface area contributed by atoms with Gasteiger partial charge in [0.2, 0.25) is 0 Å². The maximum atomic E-state index is 11.7. The Morgan fingerprint density at radius 3 is 2.60 bits per heavy atom. The molecule has 3 aromatic rings. The van der Waals surface area contributed by atoms with Gasteiger partial charge in [-0.25, -0.2) is 4.79 Å². The smallest absolute Gasteiger partial charge is 0.337 e. The zero-order valence-corrected chi connectivity index (χ0v) is 11.6. The lowest BCUT2D eigenvalue weighted by molar-refractivity contribution is 0.414. The molecule has 0 bridgehead atoms. The molecule has 0 unspecified atom stereocenters. The van der Waals surface area contributed by atoms with Crippen LogP contribution in [0.3, 0.4) is 0 Å². The Morgan fingerprint density at radius 2 is 1.85 bits per heavy atom. The Morgan fingerprint density at radius 1 is 1.05 bits per heavy atom. The lowest BCUT2D eigenvalue weighted by atomic mass is 10.2. The van der Waals surface area contributed by atoms with Gasteiger partial charge in [0.05, 0.1) is 7.11 Å². The van der Waals surface area contributed by atoms with E-state index in [1.54, 1.807) is 24.9 Å². The summed E-state index contributed by atoms with van der Waals surface area (Å²) in [5.41, 5.74) is 0.180. The SMILES string of the molecule is COc1ccc2c(Sc3ccccc3)cc(=O)oc2c1. The summed E-state index contributed by atoms with van der Waals surface area (Å²) >= 11 is 1.54. The molecule has 0 saturated heterocycles. The second-order valence-corrected chi connectivity index (χ2v) is 5.32. The highest BCUT2D eigenvalue weighted by atomic mass is 32.2. The van der Waals surface area contributed by atoms with Crippen molar-refractivity contribution >= 4 is 22.7 Å². The minimum absolute atomic E-state index is 0.357. The van der Waals surface area contributed by atoms with Gasteiger partial charge in [0.1, 0.15) is 11.3 Å². The van der Waals surface area contributed by atoms with Crippen LogP contribution in [0.15, 0.2) is 73.6 Å². The van der Waals surface area contributed by atoms with Crippen LogP contribution in [0.2, 0.25) is 0 Å². The Kier molecular flexibility index (Phi) is 3.48. The van der Waals surface area contributed by atoms with Gasteiger partial charge in [0, 0.05) is 27.3 Å². The molecule has 3 rings (SSSR count). The molecule has 0 saturated carbocycles. The maximum absolute atomic E-state index is 11.7. The maximum Gasteiger partial charge on any atom is 0.337 e. The fourth-order valence-corrected chi connectivity index (χ4v) is 2.92. The number of fused-ring (bicyclic) bond motifs is 1. The number of hydrogen-bond donors (Lipinski definition) is 0. The number of hydrogen-bond acceptors (Lipinski definition) is 4. The minimum atomic E-state index is -0.357. The quantitative estimate of drug-likeness (QED) is 0.683. The molecule has 0 atom stereocenters. The first-order chi connectivity index (χ1) is 9.76. The molecular weight excluding hydrogens is 272 g/mol. The van der Waals surface area contributed by atoms with Gasteiger partial charge in [-0.2, -0.15) is 0 Å². The van der Waals surface area contributed by atoms with Gasteiger partial charge in [0.25, 0.3) is 0 Å². The molecular formula is C16H12O3S. The summed E-state index contributed by atoms with van der Waals surface area (Å²) in [4.78, 5) is 13.6. The molecule has 2 aromatic carbocycles. The topological polar surface area (TPSA) is 39.4 Å². The summed E-state index contributed by atoms with van der Waals surface area (Å²) in [6, 6.07) is 16.9. The zero-order valence-electron chi connectivity index (χ0n) is 10.8.